The second-order valence-electron chi connectivity index (χ2n) is 7.67. The molecule has 0 aliphatic rings. The highest BCUT2D eigenvalue weighted by atomic mass is 35.5. The Kier molecular flexibility index (Phi) is 6.99. The summed E-state index contributed by atoms with van der Waals surface area (Å²) in [6, 6.07) is 21.5. The van der Waals surface area contributed by atoms with E-state index in [0.717, 1.165) is 22.0 Å². The molecule has 0 saturated heterocycles. The lowest BCUT2D eigenvalue weighted by molar-refractivity contribution is 0.168. The molecule has 3 aromatic rings. The van der Waals surface area contributed by atoms with Gasteiger partial charge in [-0.05, 0) is 54.8 Å². The Morgan fingerprint density at radius 1 is 1.03 bits per heavy atom. The maximum absolute atomic E-state index is 13.1. The molecule has 0 aliphatic heterocycles. The predicted molar refractivity (Wildman–Crippen MR) is 120 cm³/mol. The number of amides is 2. The molecule has 1 N–H and O–H groups in total. The Labute approximate surface area is 178 Å². The summed E-state index contributed by atoms with van der Waals surface area (Å²) in [5.74, 6) is 0.341. The number of urea groups is 1. The van der Waals surface area contributed by atoms with Crippen LogP contribution in [0.15, 0.2) is 72.9 Å². The van der Waals surface area contributed by atoms with E-state index >= 15 is 0 Å². The molecule has 29 heavy (non-hydrogen) atoms. The lowest BCUT2D eigenvalue weighted by Crippen LogP contribution is -2.43. The Bertz CT molecular complexity index is 936. The first kappa shape index (κ1) is 21.0. The van der Waals surface area contributed by atoms with E-state index in [1.54, 1.807) is 0 Å². The van der Waals surface area contributed by atoms with Gasteiger partial charge in [0.25, 0.3) is 0 Å². The van der Waals surface area contributed by atoms with Crippen molar-refractivity contribution in [2.24, 2.45) is 5.92 Å². The zero-order valence-corrected chi connectivity index (χ0v) is 17.9. The number of anilines is 1. The van der Waals surface area contributed by atoms with Crippen LogP contribution in [0.5, 0.6) is 0 Å². The van der Waals surface area contributed by atoms with Crippen molar-refractivity contribution in [3.8, 4) is 0 Å². The first-order valence-corrected chi connectivity index (χ1v) is 10.3. The minimum Gasteiger partial charge on any atom is -0.345 e. The van der Waals surface area contributed by atoms with Crippen LogP contribution in [0.1, 0.15) is 32.0 Å². The second-order valence-corrected chi connectivity index (χ2v) is 8.10. The molecule has 5 heteroatoms. The van der Waals surface area contributed by atoms with Crippen LogP contribution in [0.25, 0.3) is 0 Å². The zero-order valence-electron chi connectivity index (χ0n) is 17.2. The fourth-order valence-corrected chi connectivity index (χ4v) is 3.44. The third kappa shape index (κ3) is 5.64. The highest BCUT2D eigenvalue weighted by molar-refractivity contribution is 6.30. The Balaban J connectivity index is 1.79. The summed E-state index contributed by atoms with van der Waals surface area (Å²) in [6.45, 7) is 7.62. The van der Waals surface area contributed by atoms with Gasteiger partial charge in [-0.25, -0.2) is 4.79 Å². The van der Waals surface area contributed by atoms with Gasteiger partial charge in [0.05, 0.1) is 6.54 Å². The molecule has 1 aromatic heterocycles. The van der Waals surface area contributed by atoms with E-state index in [1.807, 2.05) is 65.7 Å². The normalized spacial score (nSPS) is 12.0. The Morgan fingerprint density at radius 3 is 2.48 bits per heavy atom. The SMILES string of the molecule is CC(C)C(C)N(Cc1cccn1Cc1cccc(Cl)c1)C(=O)Nc1ccccc1. The molecule has 2 amide bonds. The molecule has 152 valence electrons. The van der Waals surface area contributed by atoms with E-state index in [4.69, 9.17) is 11.6 Å². The molecule has 1 unspecified atom stereocenters. The van der Waals surface area contributed by atoms with Crippen LogP contribution in [0, 0.1) is 5.92 Å². The van der Waals surface area contributed by atoms with Crippen molar-refractivity contribution in [1.82, 2.24) is 9.47 Å². The summed E-state index contributed by atoms with van der Waals surface area (Å²) in [4.78, 5) is 15.0. The van der Waals surface area contributed by atoms with Gasteiger partial charge in [0.15, 0.2) is 0 Å². The number of para-hydroxylation sites is 1. The van der Waals surface area contributed by atoms with Crippen molar-refractivity contribution in [2.45, 2.75) is 39.9 Å². The van der Waals surface area contributed by atoms with Gasteiger partial charge in [-0.3, -0.25) is 0 Å². The zero-order chi connectivity index (χ0) is 20.8. The largest absolute Gasteiger partial charge is 0.345 e. The van der Waals surface area contributed by atoms with Crippen LogP contribution in [0.2, 0.25) is 5.02 Å². The first-order chi connectivity index (χ1) is 13.9. The molecule has 0 fully saturated rings. The molecule has 0 aliphatic carbocycles. The van der Waals surface area contributed by atoms with E-state index in [0.29, 0.717) is 19.0 Å². The fraction of sp³-hybridized carbons (Fsp3) is 0.292. The Morgan fingerprint density at radius 2 is 1.79 bits per heavy atom. The number of carbonyl (C=O) groups excluding carboxylic acids is 1. The summed E-state index contributed by atoms with van der Waals surface area (Å²) in [7, 11) is 0. The van der Waals surface area contributed by atoms with Crippen molar-refractivity contribution in [1.29, 1.82) is 0 Å². The van der Waals surface area contributed by atoms with Crippen molar-refractivity contribution in [3.05, 3.63) is 89.2 Å². The summed E-state index contributed by atoms with van der Waals surface area (Å²) in [5.41, 5.74) is 3.01. The summed E-state index contributed by atoms with van der Waals surface area (Å²) < 4.78 is 2.17. The maximum Gasteiger partial charge on any atom is 0.322 e. The summed E-state index contributed by atoms with van der Waals surface area (Å²) >= 11 is 6.13. The maximum atomic E-state index is 13.1. The van der Waals surface area contributed by atoms with Gasteiger partial charge in [0, 0.05) is 35.2 Å². The number of aromatic nitrogens is 1. The first-order valence-electron chi connectivity index (χ1n) is 9.95. The number of benzene rings is 2. The topological polar surface area (TPSA) is 37.3 Å². The van der Waals surface area contributed by atoms with E-state index in [1.165, 1.54) is 0 Å². The molecular weight excluding hydrogens is 382 g/mol. The standard InChI is InChI=1S/C24H28ClN3O/c1-18(2)19(3)28(24(29)26-22-11-5-4-6-12-22)17-23-13-8-14-27(23)16-20-9-7-10-21(25)15-20/h4-15,18-19H,16-17H2,1-3H3,(H,26,29). The van der Waals surface area contributed by atoms with Crippen LogP contribution in [0.4, 0.5) is 10.5 Å². The van der Waals surface area contributed by atoms with Crippen LogP contribution < -0.4 is 5.32 Å². The molecule has 4 nitrogen and oxygen atoms in total. The minimum atomic E-state index is -0.0899. The molecule has 0 spiro atoms. The van der Waals surface area contributed by atoms with Gasteiger partial charge in [-0.1, -0.05) is 55.8 Å². The third-order valence-electron chi connectivity index (χ3n) is 5.24. The third-order valence-corrected chi connectivity index (χ3v) is 5.48. The summed E-state index contributed by atoms with van der Waals surface area (Å²) in [5, 5.41) is 3.76. The van der Waals surface area contributed by atoms with Crippen LogP contribution in [-0.2, 0) is 13.1 Å². The van der Waals surface area contributed by atoms with Crippen molar-refractivity contribution in [2.75, 3.05) is 5.32 Å². The molecule has 0 saturated carbocycles. The number of halogens is 1. The number of nitrogens with one attached hydrogen (secondary N) is 1. The highest BCUT2D eigenvalue weighted by Crippen LogP contribution is 2.19. The minimum absolute atomic E-state index is 0.0899. The van der Waals surface area contributed by atoms with Gasteiger partial charge < -0.3 is 14.8 Å². The van der Waals surface area contributed by atoms with Gasteiger partial charge in [0.1, 0.15) is 0 Å². The van der Waals surface area contributed by atoms with E-state index in [-0.39, 0.29) is 12.1 Å². The molecule has 1 atom stereocenters. The fourth-order valence-electron chi connectivity index (χ4n) is 3.23. The molecule has 2 aromatic carbocycles. The van der Waals surface area contributed by atoms with Gasteiger partial charge in [0.2, 0.25) is 0 Å². The van der Waals surface area contributed by atoms with Gasteiger partial charge >= 0.3 is 6.03 Å². The average molecular weight is 410 g/mol. The van der Waals surface area contributed by atoms with Gasteiger partial charge in [-0.15, -0.1) is 0 Å². The van der Waals surface area contributed by atoms with Crippen molar-refractivity contribution < 1.29 is 4.79 Å². The number of carbonyl (C=O) groups is 1. The molecule has 0 bridgehead atoms. The van der Waals surface area contributed by atoms with Crippen LogP contribution >= 0.6 is 11.6 Å². The molecular formula is C24H28ClN3O. The molecule has 3 rings (SSSR count). The lowest BCUT2D eigenvalue weighted by atomic mass is 10.0. The average Bonchev–Trinajstić information content (AvgIpc) is 3.13. The quantitative estimate of drug-likeness (QED) is 0.490. The van der Waals surface area contributed by atoms with Crippen LogP contribution in [0.3, 0.4) is 0 Å². The number of hydrogen-bond donors (Lipinski definition) is 1. The molecule has 1 heterocycles. The van der Waals surface area contributed by atoms with E-state index in [2.05, 4.69) is 42.8 Å². The Hall–Kier alpha value is -2.72. The second kappa shape index (κ2) is 9.66. The smallest absolute Gasteiger partial charge is 0.322 e. The molecule has 0 radical (unpaired) electrons. The monoisotopic (exact) mass is 409 g/mol. The number of rotatable bonds is 7. The van der Waals surface area contributed by atoms with Crippen molar-refractivity contribution >= 4 is 23.3 Å². The van der Waals surface area contributed by atoms with Gasteiger partial charge in [-0.2, -0.15) is 0 Å². The summed E-state index contributed by atoms with van der Waals surface area (Å²) in [6.07, 6.45) is 2.05. The van der Waals surface area contributed by atoms with Crippen LogP contribution in [-0.4, -0.2) is 21.5 Å². The highest BCUT2D eigenvalue weighted by Gasteiger charge is 2.24. The van der Waals surface area contributed by atoms with Crippen molar-refractivity contribution in [3.63, 3.8) is 0 Å². The lowest BCUT2D eigenvalue weighted by Gasteiger charge is -2.32. The predicted octanol–water partition coefficient (Wildman–Crippen LogP) is 6.27. The number of nitrogens with zero attached hydrogens (tertiary/aromatic N) is 2. The van der Waals surface area contributed by atoms with E-state index < -0.39 is 0 Å². The number of hydrogen-bond acceptors (Lipinski definition) is 1. The van der Waals surface area contributed by atoms with E-state index in [9.17, 15) is 4.79 Å².